The maximum Gasteiger partial charge on any atom is 0.250 e. The molecule has 156 valence electrons. The van der Waals surface area contributed by atoms with Crippen molar-refractivity contribution < 1.29 is 0 Å². The molecule has 6 heteroatoms. The molecule has 1 saturated carbocycles. The molecule has 6 nitrogen and oxygen atoms in total. The molecule has 4 rings (SSSR count). The highest BCUT2D eigenvalue weighted by Gasteiger charge is 2.14. The van der Waals surface area contributed by atoms with Crippen LogP contribution in [-0.2, 0) is 6.54 Å². The Morgan fingerprint density at radius 2 is 1.97 bits per heavy atom. The molecular weight excluding hydrogens is 374 g/mol. The maximum atomic E-state index is 12.1. The van der Waals surface area contributed by atoms with Crippen LogP contribution in [0.4, 0.5) is 5.82 Å². The van der Waals surface area contributed by atoms with Crippen molar-refractivity contribution in [3.63, 3.8) is 0 Å². The molecule has 0 unspecified atom stereocenters. The summed E-state index contributed by atoms with van der Waals surface area (Å²) in [5.74, 6) is 0.947. The van der Waals surface area contributed by atoms with E-state index >= 15 is 0 Å². The maximum absolute atomic E-state index is 12.1. The minimum atomic E-state index is -0.0461. The van der Waals surface area contributed by atoms with Gasteiger partial charge in [-0.3, -0.25) is 4.79 Å². The first-order chi connectivity index (χ1) is 14.5. The second-order valence-electron chi connectivity index (χ2n) is 8.29. The van der Waals surface area contributed by atoms with E-state index in [0.29, 0.717) is 12.6 Å². The summed E-state index contributed by atoms with van der Waals surface area (Å²) in [5.41, 5.74) is 4.76. The van der Waals surface area contributed by atoms with E-state index in [1.165, 1.54) is 32.1 Å². The van der Waals surface area contributed by atoms with Gasteiger partial charge in [-0.05, 0) is 44.9 Å². The fourth-order valence-electron chi connectivity index (χ4n) is 4.07. The zero-order valence-electron chi connectivity index (χ0n) is 17.8. The molecule has 0 radical (unpaired) electrons. The Hall–Kier alpha value is -3.15. The first-order valence-electron chi connectivity index (χ1n) is 10.6. The van der Waals surface area contributed by atoms with Crippen molar-refractivity contribution >= 4 is 5.82 Å². The monoisotopic (exact) mass is 403 g/mol. The van der Waals surface area contributed by atoms with Crippen LogP contribution in [0.15, 0.2) is 59.8 Å². The van der Waals surface area contributed by atoms with Crippen LogP contribution in [0, 0.1) is 6.92 Å². The zero-order chi connectivity index (χ0) is 21.1. The Labute approximate surface area is 177 Å². The van der Waals surface area contributed by atoms with Gasteiger partial charge in [0.05, 0.1) is 11.9 Å². The van der Waals surface area contributed by atoms with Gasteiger partial charge >= 0.3 is 0 Å². The average Bonchev–Trinajstić information content (AvgIpc) is 3.20. The van der Waals surface area contributed by atoms with Crippen LogP contribution in [0.1, 0.15) is 44.7 Å². The second kappa shape index (κ2) is 8.69. The summed E-state index contributed by atoms with van der Waals surface area (Å²) in [7, 11) is 0. The van der Waals surface area contributed by atoms with E-state index in [9.17, 15) is 4.79 Å². The fraction of sp³-hybridized carbons (Fsp3) is 0.375. The molecule has 0 aromatic carbocycles. The molecule has 1 aliphatic carbocycles. The van der Waals surface area contributed by atoms with Gasteiger partial charge in [0.2, 0.25) is 0 Å². The van der Waals surface area contributed by atoms with E-state index in [1.54, 1.807) is 21.4 Å². The van der Waals surface area contributed by atoms with Crippen molar-refractivity contribution in [2.45, 2.75) is 58.5 Å². The zero-order valence-corrected chi connectivity index (χ0v) is 17.8. The summed E-state index contributed by atoms with van der Waals surface area (Å²) in [5, 5.41) is 8.09. The summed E-state index contributed by atoms with van der Waals surface area (Å²) in [4.78, 5) is 16.8. The Morgan fingerprint density at radius 1 is 1.17 bits per heavy atom. The Bertz CT molecular complexity index is 1100. The van der Waals surface area contributed by atoms with Gasteiger partial charge in [0.15, 0.2) is 0 Å². The lowest BCUT2D eigenvalue weighted by atomic mass is 9.95. The summed E-state index contributed by atoms with van der Waals surface area (Å²) >= 11 is 0. The van der Waals surface area contributed by atoms with Crippen LogP contribution in [0.5, 0.6) is 0 Å². The first-order valence-corrected chi connectivity index (χ1v) is 10.6. The average molecular weight is 404 g/mol. The summed E-state index contributed by atoms with van der Waals surface area (Å²) in [6.45, 7) is 8.34. The van der Waals surface area contributed by atoms with Gasteiger partial charge in [-0.25, -0.2) is 9.67 Å². The van der Waals surface area contributed by atoms with Gasteiger partial charge in [-0.1, -0.05) is 31.4 Å². The Kier molecular flexibility index (Phi) is 5.84. The molecule has 0 bridgehead atoms. The fourth-order valence-corrected chi connectivity index (χ4v) is 4.07. The molecule has 0 atom stereocenters. The van der Waals surface area contributed by atoms with Crippen LogP contribution < -0.4 is 10.9 Å². The smallest absolute Gasteiger partial charge is 0.250 e. The van der Waals surface area contributed by atoms with Gasteiger partial charge in [-0.15, -0.1) is 0 Å². The molecule has 1 fully saturated rings. The van der Waals surface area contributed by atoms with Crippen molar-refractivity contribution in [2.75, 3.05) is 5.32 Å². The lowest BCUT2D eigenvalue weighted by molar-refractivity contribution is 0.462. The third-order valence-corrected chi connectivity index (χ3v) is 5.61. The Morgan fingerprint density at radius 3 is 2.70 bits per heavy atom. The van der Waals surface area contributed by atoms with Gasteiger partial charge in [0, 0.05) is 47.9 Å². The molecule has 30 heavy (non-hydrogen) atoms. The van der Waals surface area contributed by atoms with Crippen molar-refractivity contribution in [1.82, 2.24) is 19.3 Å². The van der Waals surface area contributed by atoms with Crippen molar-refractivity contribution in [3.8, 4) is 16.8 Å². The molecule has 1 N–H and O–H groups in total. The van der Waals surface area contributed by atoms with Crippen LogP contribution in [0.25, 0.3) is 16.8 Å². The molecule has 0 spiro atoms. The lowest BCUT2D eigenvalue weighted by Gasteiger charge is -2.23. The topological polar surface area (TPSA) is 64.7 Å². The highest BCUT2D eigenvalue weighted by molar-refractivity contribution is 5.66. The highest BCUT2D eigenvalue weighted by Crippen LogP contribution is 2.26. The normalized spacial score (nSPS) is 14.6. The molecule has 0 aliphatic heterocycles. The number of aromatic nitrogens is 4. The van der Waals surface area contributed by atoms with E-state index < -0.39 is 0 Å². The number of hydrogen-bond donors (Lipinski definition) is 1. The molecule has 3 heterocycles. The third kappa shape index (κ3) is 4.53. The van der Waals surface area contributed by atoms with E-state index in [2.05, 4.69) is 29.1 Å². The SMILES string of the molecule is C=C(C)Cn1cc(-n2cc(-c3ccc(NC4CCCCC4)nc3C)cn2)ccc1=O. The summed E-state index contributed by atoms with van der Waals surface area (Å²) in [6.07, 6.45) is 12.0. The van der Waals surface area contributed by atoms with Gasteiger partial charge < -0.3 is 9.88 Å². The number of hydrogen-bond acceptors (Lipinski definition) is 4. The predicted molar refractivity (Wildman–Crippen MR) is 121 cm³/mol. The predicted octanol–water partition coefficient (Wildman–Crippen LogP) is 4.73. The van der Waals surface area contributed by atoms with Gasteiger partial charge in [0.1, 0.15) is 5.82 Å². The van der Waals surface area contributed by atoms with Crippen molar-refractivity contribution in [2.24, 2.45) is 0 Å². The molecular formula is C24H29N5O. The highest BCUT2D eigenvalue weighted by atomic mass is 16.1. The largest absolute Gasteiger partial charge is 0.367 e. The van der Waals surface area contributed by atoms with E-state index in [0.717, 1.165) is 33.9 Å². The number of nitrogens with one attached hydrogen (secondary N) is 1. The minimum absolute atomic E-state index is 0.0461. The third-order valence-electron chi connectivity index (χ3n) is 5.61. The summed E-state index contributed by atoms with van der Waals surface area (Å²) < 4.78 is 3.44. The van der Waals surface area contributed by atoms with E-state index in [1.807, 2.05) is 32.4 Å². The summed E-state index contributed by atoms with van der Waals surface area (Å²) in [6, 6.07) is 8.06. The number of nitrogens with zero attached hydrogens (tertiary/aromatic N) is 4. The quantitative estimate of drug-likeness (QED) is 0.605. The van der Waals surface area contributed by atoms with Gasteiger partial charge in [0.25, 0.3) is 5.56 Å². The number of rotatable bonds is 6. The lowest BCUT2D eigenvalue weighted by Crippen LogP contribution is -2.22. The Balaban J connectivity index is 1.55. The van der Waals surface area contributed by atoms with E-state index in [4.69, 9.17) is 4.98 Å². The second-order valence-corrected chi connectivity index (χ2v) is 8.29. The number of pyridine rings is 2. The van der Waals surface area contributed by atoms with Crippen molar-refractivity contribution in [1.29, 1.82) is 0 Å². The van der Waals surface area contributed by atoms with Crippen molar-refractivity contribution in [3.05, 3.63) is 71.1 Å². The number of aryl methyl sites for hydroxylation is 1. The minimum Gasteiger partial charge on any atom is -0.367 e. The number of allylic oxidation sites excluding steroid dienone is 1. The molecule has 3 aromatic rings. The standard InChI is InChI=1S/C24H29N5O/c1-17(2)14-28-16-21(9-12-24(28)30)29-15-19(13-25-29)22-10-11-23(26-18(22)3)27-20-7-5-4-6-8-20/h9-13,15-16,20H,1,4-8,14H2,2-3H3,(H,26,27). The van der Waals surface area contributed by atoms with Crippen LogP contribution >= 0.6 is 0 Å². The molecule has 0 amide bonds. The van der Waals surface area contributed by atoms with Gasteiger partial charge in [-0.2, -0.15) is 5.10 Å². The molecule has 0 saturated heterocycles. The molecule has 1 aliphatic rings. The van der Waals surface area contributed by atoms with Crippen LogP contribution in [0.3, 0.4) is 0 Å². The van der Waals surface area contributed by atoms with E-state index in [-0.39, 0.29) is 5.56 Å². The van der Waals surface area contributed by atoms with Crippen LogP contribution in [-0.4, -0.2) is 25.4 Å². The van der Waals surface area contributed by atoms with Crippen LogP contribution in [0.2, 0.25) is 0 Å². The molecule has 3 aromatic heterocycles. The number of anilines is 1. The first kappa shape index (κ1) is 20.1.